The van der Waals surface area contributed by atoms with Crippen molar-refractivity contribution in [1.29, 1.82) is 0 Å². The van der Waals surface area contributed by atoms with E-state index >= 15 is 0 Å². The number of hydrogen-bond acceptors (Lipinski definition) is 5. The van der Waals surface area contributed by atoms with Crippen molar-refractivity contribution in [2.24, 2.45) is 0 Å². The van der Waals surface area contributed by atoms with Gasteiger partial charge in [0.05, 0.1) is 21.3 Å². The largest absolute Gasteiger partial charge is 0.365 e. The molecule has 1 fully saturated rings. The van der Waals surface area contributed by atoms with E-state index in [-0.39, 0.29) is 0 Å². The molecule has 2 heterocycles. The molecule has 0 spiro atoms. The summed E-state index contributed by atoms with van der Waals surface area (Å²) in [5.74, 6) is 1.19. The first-order chi connectivity index (χ1) is 8.69. The van der Waals surface area contributed by atoms with Crippen molar-refractivity contribution in [2.45, 2.75) is 38.5 Å². The summed E-state index contributed by atoms with van der Waals surface area (Å²) in [4.78, 5) is 10.8. The third kappa shape index (κ3) is 2.17. The summed E-state index contributed by atoms with van der Waals surface area (Å²) < 4.78 is 0. The Labute approximate surface area is 115 Å². The lowest BCUT2D eigenvalue weighted by Gasteiger charge is -1.95. The highest BCUT2D eigenvalue weighted by Crippen LogP contribution is 2.47. The first-order valence-electron chi connectivity index (χ1n) is 6.33. The van der Waals surface area contributed by atoms with Gasteiger partial charge in [0, 0.05) is 24.3 Å². The second kappa shape index (κ2) is 4.63. The monoisotopic (exact) mass is 279 g/mol. The highest BCUT2D eigenvalue weighted by Gasteiger charge is 2.31. The zero-order chi connectivity index (χ0) is 12.7. The van der Waals surface area contributed by atoms with Crippen LogP contribution in [-0.2, 0) is 0 Å². The average Bonchev–Trinajstić information content (AvgIpc) is 2.94. The molecule has 3 rings (SSSR count). The summed E-state index contributed by atoms with van der Waals surface area (Å²) in [5, 5.41) is 7.46. The minimum atomic E-state index is 0.503. The fraction of sp³-hybridized carbons (Fsp3) is 0.538. The Bertz CT molecular complexity index is 552. The van der Waals surface area contributed by atoms with Crippen molar-refractivity contribution < 1.29 is 0 Å². The average molecular weight is 279 g/mol. The standard InChI is InChI=1S/C13H17N3S2/c1-7(2)12-16-10(8-4-5-8)11(18-12)9-6-17-13(14-3)15-9/h6-8H,4-5H2,1-3H3,(H,14,15). The molecule has 0 saturated heterocycles. The molecule has 2 aromatic heterocycles. The van der Waals surface area contributed by atoms with Crippen molar-refractivity contribution in [3.05, 3.63) is 16.1 Å². The van der Waals surface area contributed by atoms with Gasteiger partial charge in [-0.25, -0.2) is 9.97 Å². The number of thiazole rings is 2. The zero-order valence-electron chi connectivity index (χ0n) is 10.9. The molecule has 96 valence electrons. The van der Waals surface area contributed by atoms with Crippen molar-refractivity contribution in [3.63, 3.8) is 0 Å². The van der Waals surface area contributed by atoms with Gasteiger partial charge in [-0.3, -0.25) is 0 Å². The lowest BCUT2D eigenvalue weighted by atomic mass is 10.2. The number of nitrogens with one attached hydrogen (secondary N) is 1. The molecule has 2 aromatic rings. The summed E-state index contributed by atoms with van der Waals surface area (Å²) >= 11 is 3.48. The predicted molar refractivity (Wildman–Crippen MR) is 78.8 cm³/mol. The fourth-order valence-corrected chi connectivity index (χ4v) is 3.76. The molecule has 5 heteroatoms. The van der Waals surface area contributed by atoms with E-state index in [1.54, 1.807) is 11.3 Å². The number of rotatable bonds is 4. The van der Waals surface area contributed by atoms with Crippen LogP contribution in [-0.4, -0.2) is 17.0 Å². The summed E-state index contributed by atoms with van der Waals surface area (Å²) in [6.45, 7) is 4.42. The van der Waals surface area contributed by atoms with Gasteiger partial charge in [-0.15, -0.1) is 22.7 Å². The van der Waals surface area contributed by atoms with Crippen LogP contribution in [0.1, 0.15) is 49.2 Å². The Morgan fingerprint density at radius 1 is 1.33 bits per heavy atom. The van der Waals surface area contributed by atoms with Crippen LogP contribution in [0.15, 0.2) is 5.38 Å². The summed E-state index contributed by atoms with van der Waals surface area (Å²) in [6, 6.07) is 0. The van der Waals surface area contributed by atoms with Gasteiger partial charge in [0.2, 0.25) is 0 Å². The third-order valence-electron chi connectivity index (χ3n) is 3.08. The molecule has 0 aromatic carbocycles. The van der Waals surface area contributed by atoms with Gasteiger partial charge in [0.25, 0.3) is 0 Å². The Kier molecular flexibility index (Phi) is 3.11. The van der Waals surface area contributed by atoms with Crippen LogP contribution in [0.25, 0.3) is 10.6 Å². The van der Waals surface area contributed by atoms with Crippen LogP contribution in [0.3, 0.4) is 0 Å². The number of nitrogens with zero attached hydrogens (tertiary/aromatic N) is 2. The fourth-order valence-electron chi connectivity index (χ4n) is 1.91. The molecule has 0 amide bonds. The second-order valence-corrected chi connectivity index (χ2v) is 6.87. The van der Waals surface area contributed by atoms with Gasteiger partial charge in [-0.05, 0) is 12.8 Å². The minimum absolute atomic E-state index is 0.503. The molecule has 18 heavy (non-hydrogen) atoms. The van der Waals surface area contributed by atoms with E-state index in [1.165, 1.54) is 28.4 Å². The molecule has 0 radical (unpaired) electrons. The zero-order valence-corrected chi connectivity index (χ0v) is 12.5. The normalized spacial score (nSPS) is 15.3. The highest BCUT2D eigenvalue weighted by atomic mass is 32.1. The minimum Gasteiger partial charge on any atom is -0.365 e. The molecule has 1 saturated carbocycles. The Hall–Kier alpha value is -0.940. The third-order valence-corrected chi connectivity index (χ3v) is 5.33. The van der Waals surface area contributed by atoms with E-state index in [9.17, 15) is 0 Å². The van der Waals surface area contributed by atoms with Crippen molar-refractivity contribution in [2.75, 3.05) is 12.4 Å². The van der Waals surface area contributed by atoms with Gasteiger partial charge >= 0.3 is 0 Å². The molecule has 1 aliphatic carbocycles. The van der Waals surface area contributed by atoms with Gasteiger partial charge in [0.1, 0.15) is 0 Å². The maximum Gasteiger partial charge on any atom is 0.182 e. The van der Waals surface area contributed by atoms with Gasteiger partial charge in [-0.1, -0.05) is 13.8 Å². The number of aromatic nitrogens is 2. The lowest BCUT2D eigenvalue weighted by molar-refractivity contribution is 0.839. The van der Waals surface area contributed by atoms with E-state index in [2.05, 4.69) is 29.5 Å². The molecule has 0 aliphatic heterocycles. The van der Waals surface area contributed by atoms with Crippen molar-refractivity contribution in [1.82, 2.24) is 9.97 Å². The van der Waals surface area contributed by atoms with Crippen LogP contribution >= 0.6 is 22.7 Å². The predicted octanol–water partition coefficient (Wildman–Crippen LogP) is 4.31. The SMILES string of the molecule is CNc1nc(-c2sc(C(C)C)nc2C2CC2)cs1. The molecule has 0 unspecified atom stereocenters. The molecule has 0 bridgehead atoms. The highest BCUT2D eigenvalue weighted by molar-refractivity contribution is 7.17. The molecular weight excluding hydrogens is 262 g/mol. The summed E-state index contributed by atoms with van der Waals surface area (Å²) in [6.07, 6.45) is 2.58. The lowest BCUT2D eigenvalue weighted by Crippen LogP contribution is -1.88. The van der Waals surface area contributed by atoms with Gasteiger partial charge in [0.15, 0.2) is 5.13 Å². The number of hydrogen-bond donors (Lipinski definition) is 1. The molecule has 0 atom stereocenters. The summed E-state index contributed by atoms with van der Waals surface area (Å²) in [5.41, 5.74) is 2.38. The summed E-state index contributed by atoms with van der Waals surface area (Å²) in [7, 11) is 1.91. The van der Waals surface area contributed by atoms with E-state index in [0.29, 0.717) is 11.8 Å². The first-order valence-corrected chi connectivity index (χ1v) is 8.03. The Morgan fingerprint density at radius 2 is 2.11 bits per heavy atom. The van der Waals surface area contributed by atoms with E-state index in [4.69, 9.17) is 4.98 Å². The molecule has 1 aliphatic rings. The Morgan fingerprint density at radius 3 is 2.67 bits per heavy atom. The molecule has 3 nitrogen and oxygen atoms in total. The van der Waals surface area contributed by atoms with Crippen LogP contribution in [0.5, 0.6) is 0 Å². The quantitative estimate of drug-likeness (QED) is 0.906. The van der Waals surface area contributed by atoms with Gasteiger partial charge in [-0.2, -0.15) is 0 Å². The molecule has 1 N–H and O–H groups in total. The molecular formula is C13H17N3S2. The topological polar surface area (TPSA) is 37.8 Å². The van der Waals surface area contributed by atoms with Gasteiger partial charge < -0.3 is 5.32 Å². The van der Waals surface area contributed by atoms with Crippen molar-refractivity contribution in [3.8, 4) is 10.6 Å². The van der Waals surface area contributed by atoms with Crippen LogP contribution in [0, 0.1) is 0 Å². The van der Waals surface area contributed by atoms with Crippen LogP contribution in [0.4, 0.5) is 5.13 Å². The van der Waals surface area contributed by atoms with E-state index in [1.807, 2.05) is 18.4 Å². The first kappa shape index (κ1) is 12.1. The van der Waals surface area contributed by atoms with E-state index < -0.39 is 0 Å². The smallest absolute Gasteiger partial charge is 0.182 e. The van der Waals surface area contributed by atoms with E-state index in [0.717, 1.165) is 10.8 Å². The second-order valence-electron chi connectivity index (χ2n) is 4.98. The van der Waals surface area contributed by atoms with Crippen LogP contribution < -0.4 is 5.32 Å². The van der Waals surface area contributed by atoms with Crippen molar-refractivity contribution >= 4 is 27.8 Å². The maximum absolute atomic E-state index is 4.85. The maximum atomic E-state index is 4.85. The van der Waals surface area contributed by atoms with Crippen LogP contribution in [0.2, 0.25) is 0 Å². The Balaban J connectivity index is 2.03. The number of anilines is 1.